The zero-order valence-corrected chi connectivity index (χ0v) is 10.8. The third-order valence-corrected chi connectivity index (χ3v) is 4.23. The number of hydrogen-bond acceptors (Lipinski definition) is 4. The molecule has 80 valence electrons. The summed E-state index contributed by atoms with van der Waals surface area (Å²) in [7, 11) is 3.54. The maximum atomic E-state index is 10.8. The molecule has 0 saturated carbocycles. The van der Waals surface area contributed by atoms with Crippen molar-refractivity contribution in [1.29, 1.82) is 0 Å². The predicted molar refractivity (Wildman–Crippen MR) is 64.8 cm³/mol. The fourth-order valence-electron chi connectivity index (χ4n) is 1.52. The Hall–Kier alpha value is -0.680. The van der Waals surface area contributed by atoms with Gasteiger partial charge in [-0.25, -0.2) is 0 Å². The van der Waals surface area contributed by atoms with Crippen molar-refractivity contribution in [2.45, 2.75) is 10.3 Å². The summed E-state index contributed by atoms with van der Waals surface area (Å²) in [5.41, 5.74) is 1.04. The summed E-state index contributed by atoms with van der Waals surface area (Å²) in [6.07, 6.45) is 0.949. The van der Waals surface area contributed by atoms with Gasteiger partial charge in [0.2, 0.25) is 0 Å². The number of hydrogen-bond donors (Lipinski definition) is 0. The van der Waals surface area contributed by atoms with Gasteiger partial charge in [-0.1, -0.05) is 11.8 Å². The van der Waals surface area contributed by atoms with E-state index in [4.69, 9.17) is 4.74 Å². The molecular formula is C10H10BrNO2S. The number of likely N-dealkylation sites (N-methyl/N-ethyl adjacent to an activating group) is 1. The third kappa shape index (κ3) is 1.74. The van der Waals surface area contributed by atoms with Crippen LogP contribution in [0.3, 0.4) is 0 Å². The first kappa shape index (κ1) is 10.8. The number of ether oxygens (including phenoxy) is 1. The Morgan fingerprint density at radius 1 is 1.60 bits per heavy atom. The Morgan fingerprint density at radius 2 is 2.33 bits per heavy atom. The van der Waals surface area contributed by atoms with Crippen molar-refractivity contribution in [3.05, 3.63) is 16.6 Å². The lowest BCUT2D eigenvalue weighted by molar-refractivity contribution is -0.107. The van der Waals surface area contributed by atoms with Gasteiger partial charge in [0, 0.05) is 18.0 Å². The molecule has 0 N–H and O–H groups in total. The first-order valence-electron chi connectivity index (χ1n) is 4.39. The number of aldehydes is 1. The molecule has 1 atom stereocenters. The van der Waals surface area contributed by atoms with E-state index >= 15 is 0 Å². The van der Waals surface area contributed by atoms with Crippen LogP contribution in [0.2, 0.25) is 0 Å². The van der Waals surface area contributed by atoms with Gasteiger partial charge in [0.15, 0.2) is 6.29 Å². The summed E-state index contributed by atoms with van der Waals surface area (Å²) in [6, 6.07) is 3.93. The van der Waals surface area contributed by atoms with Crippen LogP contribution in [0.4, 0.5) is 5.69 Å². The SMILES string of the molecule is COc1cc2c(cc1Br)SC(C=O)N2C. The molecule has 2 rings (SSSR count). The van der Waals surface area contributed by atoms with E-state index in [-0.39, 0.29) is 5.37 Å². The van der Waals surface area contributed by atoms with Crippen LogP contribution in [0.5, 0.6) is 5.75 Å². The van der Waals surface area contributed by atoms with E-state index in [1.54, 1.807) is 18.9 Å². The number of halogens is 1. The van der Waals surface area contributed by atoms with Crippen LogP contribution in [0.25, 0.3) is 0 Å². The van der Waals surface area contributed by atoms with Gasteiger partial charge in [-0.2, -0.15) is 0 Å². The first-order valence-corrected chi connectivity index (χ1v) is 6.07. The Morgan fingerprint density at radius 3 is 2.93 bits per heavy atom. The van der Waals surface area contributed by atoms with Crippen LogP contribution in [-0.4, -0.2) is 25.8 Å². The molecule has 1 heterocycles. The summed E-state index contributed by atoms with van der Waals surface area (Å²) in [6.45, 7) is 0. The van der Waals surface area contributed by atoms with Crippen LogP contribution >= 0.6 is 27.7 Å². The number of nitrogens with zero attached hydrogens (tertiary/aromatic N) is 1. The highest BCUT2D eigenvalue weighted by Crippen LogP contribution is 2.45. The second kappa shape index (κ2) is 4.06. The van der Waals surface area contributed by atoms with Gasteiger partial charge in [0.05, 0.1) is 17.3 Å². The molecule has 0 amide bonds. The van der Waals surface area contributed by atoms with E-state index in [9.17, 15) is 4.79 Å². The van der Waals surface area contributed by atoms with E-state index in [2.05, 4.69) is 15.9 Å². The van der Waals surface area contributed by atoms with Crippen LogP contribution in [0.15, 0.2) is 21.5 Å². The molecule has 1 aromatic carbocycles. The minimum Gasteiger partial charge on any atom is -0.495 e. The molecule has 0 saturated heterocycles. The highest BCUT2D eigenvalue weighted by molar-refractivity contribution is 9.10. The molecule has 0 fully saturated rings. The smallest absolute Gasteiger partial charge is 0.153 e. The van der Waals surface area contributed by atoms with Crippen molar-refractivity contribution in [2.24, 2.45) is 0 Å². The van der Waals surface area contributed by atoms with Gasteiger partial charge in [-0.05, 0) is 22.0 Å². The van der Waals surface area contributed by atoms with E-state index in [1.807, 2.05) is 24.1 Å². The topological polar surface area (TPSA) is 29.5 Å². The summed E-state index contributed by atoms with van der Waals surface area (Å²) in [5.74, 6) is 0.785. The Labute approximate surface area is 101 Å². The van der Waals surface area contributed by atoms with E-state index in [1.165, 1.54) is 0 Å². The van der Waals surface area contributed by atoms with Crippen molar-refractivity contribution < 1.29 is 9.53 Å². The number of benzene rings is 1. The molecule has 1 aromatic rings. The standard InChI is InChI=1S/C10H10BrNO2S/c1-12-7-4-8(14-2)6(11)3-9(7)15-10(12)5-13/h3-5,10H,1-2H3. The normalized spacial score (nSPS) is 18.9. The second-order valence-corrected chi connectivity index (χ2v) is 5.22. The molecule has 0 aliphatic carbocycles. The lowest BCUT2D eigenvalue weighted by Gasteiger charge is -2.16. The highest BCUT2D eigenvalue weighted by Gasteiger charge is 2.28. The van der Waals surface area contributed by atoms with E-state index < -0.39 is 0 Å². The molecule has 0 radical (unpaired) electrons. The molecule has 0 spiro atoms. The fraction of sp³-hybridized carbons (Fsp3) is 0.300. The predicted octanol–water partition coefficient (Wildman–Crippen LogP) is 2.52. The van der Waals surface area contributed by atoms with Gasteiger partial charge in [0.25, 0.3) is 0 Å². The summed E-state index contributed by atoms with van der Waals surface area (Å²) in [4.78, 5) is 13.9. The van der Waals surface area contributed by atoms with Crippen molar-refractivity contribution in [1.82, 2.24) is 0 Å². The third-order valence-electron chi connectivity index (χ3n) is 2.36. The highest BCUT2D eigenvalue weighted by atomic mass is 79.9. The van der Waals surface area contributed by atoms with Crippen LogP contribution in [0.1, 0.15) is 0 Å². The zero-order chi connectivity index (χ0) is 11.0. The zero-order valence-electron chi connectivity index (χ0n) is 8.36. The molecule has 3 nitrogen and oxygen atoms in total. The Bertz CT molecular complexity index is 411. The number of carbonyl (C=O) groups is 1. The number of anilines is 1. The largest absolute Gasteiger partial charge is 0.495 e. The Balaban J connectivity index is 2.47. The minimum absolute atomic E-state index is 0.126. The lowest BCUT2D eigenvalue weighted by atomic mass is 10.3. The molecule has 1 aliphatic rings. The van der Waals surface area contributed by atoms with Crippen LogP contribution in [0, 0.1) is 0 Å². The lowest BCUT2D eigenvalue weighted by Crippen LogP contribution is -2.25. The quantitative estimate of drug-likeness (QED) is 0.782. The molecule has 1 unspecified atom stereocenters. The molecule has 1 aliphatic heterocycles. The van der Waals surface area contributed by atoms with Crippen LogP contribution < -0.4 is 9.64 Å². The monoisotopic (exact) mass is 287 g/mol. The van der Waals surface area contributed by atoms with Gasteiger partial charge >= 0.3 is 0 Å². The van der Waals surface area contributed by atoms with Crippen molar-refractivity contribution in [3.8, 4) is 5.75 Å². The van der Waals surface area contributed by atoms with Crippen LogP contribution in [-0.2, 0) is 4.79 Å². The number of thioether (sulfide) groups is 1. The average molecular weight is 288 g/mol. The summed E-state index contributed by atoms with van der Waals surface area (Å²) < 4.78 is 6.13. The number of fused-ring (bicyclic) bond motifs is 1. The molecule has 0 aromatic heterocycles. The van der Waals surface area contributed by atoms with Crippen molar-refractivity contribution in [2.75, 3.05) is 19.1 Å². The number of carbonyl (C=O) groups excluding carboxylic acids is 1. The van der Waals surface area contributed by atoms with E-state index in [0.717, 1.165) is 27.1 Å². The number of methoxy groups -OCH3 is 1. The fourth-order valence-corrected chi connectivity index (χ4v) is 3.27. The van der Waals surface area contributed by atoms with Gasteiger partial charge in [-0.3, -0.25) is 0 Å². The molecule has 15 heavy (non-hydrogen) atoms. The maximum absolute atomic E-state index is 10.8. The van der Waals surface area contributed by atoms with Gasteiger partial charge < -0.3 is 14.4 Å². The minimum atomic E-state index is -0.126. The van der Waals surface area contributed by atoms with Crippen molar-refractivity contribution >= 4 is 39.7 Å². The summed E-state index contributed by atoms with van der Waals surface area (Å²) in [5, 5.41) is -0.126. The molecule has 0 bridgehead atoms. The van der Waals surface area contributed by atoms with E-state index in [0.29, 0.717) is 0 Å². The van der Waals surface area contributed by atoms with Gasteiger partial charge in [0.1, 0.15) is 11.1 Å². The first-order chi connectivity index (χ1) is 7.17. The van der Waals surface area contributed by atoms with Crippen molar-refractivity contribution in [3.63, 3.8) is 0 Å². The maximum Gasteiger partial charge on any atom is 0.153 e. The Kier molecular flexibility index (Phi) is 2.93. The molecule has 5 heteroatoms. The molecular weight excluding hydrogens is 278 g/mol. The average Bonchev–Trinajstić information content (AvgIpc) is 2.54. The number of rotatable bonds is 2. The summed E-state index contributed by atoms with van der Waals surface area (Å²) >= 11 is 4.98. The second-order valence-electron chi connectivity index (χ2n) is 3.21. The van der Waals surface area contributed by atoms with Gasteiger partial charge in [-0.15, -0.1) is 0 Å².